The van der Waals surface area contributed by atoms with E-state index in [1.165, 1.54) is 27.5 Å². The van der Waals surface area contributed by atoms with Crippen LogP contribution in [-0.2, 0) is 9.09 Å². The molecule has 0 aliphatic heterocycles. The van der Waals surface area contributed by atoms with Gasteiger partial charge >= 0.3 is 6.72 Å². The largest absolute Gasteiger partial charge is 0.362 e. The fourth-order valence-electron chi connectivity index (χ4n) is 0.587. The maximum absolute atomic E-state index is 11.9. The molecule has 0 heterocycles. The van der Waals surface area contributed by atoms with Crippen LogP contribution in [0.3, 0.4) is 0 Å². The Morgan fingerprint density at radius 1 is 1.71 bits per heavy atom. The zero-order valence-electron chi connectivity index (χ0n) is 8.30. The third-order valence-electron chi connectivity index (χ3n) is 1.01. The third kappa shape index (κ3) is 6.54. The molecule has 14 heavy (non-hydrogen) atoms. The van der Waals surface area contributed by atoms with Crippen molar-refractivity contribution in [2.24, 2.45) is 4.99 Å². The summed E-state index contributed by atoms with van der Waals surface area (Å²) in [6.45, 7) is 3.42. The summed E-state index contributed by atoms with van der Waals surface area (Å²) in [5.74, 6) is 0. The van der Waals surface area contributed by atoms with Crippen molar-refractivity contribution in [2.75, 3.05) is 19.4 Å². The second-order valence-corrected chi connectivity index (χ2v) is 8.29. The molecule has 0 radical (unpaired) electrons. The number of hydrogen-bond donors (Lipinski definition) is 1. The summed E-state index contributed by atoms with van der Waals surface area (Å²) in [4.78, 5) is 3.91. The van der Waals surface area contributed by atoms with Gasteiger partial charge in [0.25, 0.3) is 0 Å². The normalized spacial score (nSPS) is 15.3. The molecule has 0 saturated heterocycles. The van der Waals surface area contributed by atoms with E-state index in [9.17, 15) is 4.57 Å². The minimum absolute atomic E-state index is 0.410. The molecule has 82 valence electrons. The van der Waals surface area contributed by atoms with Gasteiger partial charge in [-0.1, -0.05) is 16.9 Å². The highest BCUT2D eigenvalue weighted by atomic mass is 33.3. The predicted molar refractivity (Wildman–Crippen MR) is 67.0 cm³/mol. The maximum atomic E-state index is 11.9. The smallest absolute Gasteiger partial charge is 0.306 e. The van der Waals surface area contributed by atoms with Crippen LogP contribution in [0.25, 0.3) is 0 Å². The Kier molecular flexibility index (Phi) is 8.47. The number of nitrogens with zero attached hydrogens (tertiary/aromatic N) is 1. The van der Waals surface area contributed by atoms with E-state index >= 15 is 0 Å². The van der Waals surface area contributed by atoms with Crippen LogP contribution in [0, 0.1) is 0 Å². The van der Waals surface area contributed by atoms with Crippen molar-refractivity contribution in [1.29, 1.82) is 0 Å². The van der Waals surface area contributed by atoms with Gasteiger partial charge in [-0.2, -0.15) is 0 Å². The first kappa shape index (κ1) is 14.1. The van der Waals surface area contributed by atoms with Gasteiger partial charge in [-0.15, -0.1) is 6.58 Å². The lowest BCUT2D eigenvalue weighted by molar-refractivity contribution is 0.343. The average molecular weight is 254 g/mol. The van der Waals surface area contributed by atoms with Crippen molar-refractivity contribution >= 4 is 34.3 Å². The Bertz CT molecular complexity index is 226. The van der Waals surface area contributed by atoms with E-state index in [4.69, 9.17) is 4.52 Å². The van der Waals surface area contributed by atoms with Crippen LogP contribution in [0.5, 0.6) is 0 Å². The molecule has 0 aromatic rings. The molecule has 1 atom stereocenters. The number of rotatable bonds is 8. The predicted octanol–water partition coefficient (Wildman–Crippen LogP) is 2.95. The summed E-state index contributed by atoms with van der Waals surface area (Å²) < 4.78 is 17.0. The van der Waals surface area contributed by atoms with Gasteiger partial charge in [-0.3, -0.25) is 14.6 Å². The SMILES string of the molecule is C=CCN=CNP(=O)(OCC)SSC. The molecule has 0 spiro atoms. The zero-order valence-corrected chi connectivity index (χ0v) is 10.8. The average Bonchev–Trinajstić information content (AvgIpc) is 2.13. The zero-order chi connectivity index (χ0) is 10.9. The first-order valence-corrected chi connectivity index (χ1v) is 8.81. The summed E-state index contributed by atoms with van der Waals surface area (Å²) in [5.41, 5.74) is 0. The molecule has 4 nitrogen and oxygen atoms in total. The van der Waals surface area contributed by atoms with E-state index in [1.54, 1.807) is 13.0 Å². The fourth-order valence-corrected chi connectivity index (χ4v) is 5.35. The monoisotopic (exact) mass is 254 g/mol. The van der Waals surface area contributed by atoms with Crippen LogP contribution >= 0.6 is 27.9 Å². The highest BCUT2D eigenvalue weighted by Gasteiger charge is 2.21. The van der Waals surface area contributed by atoms with Crippen molar-refractivity contribution in [1.82, 2.24) is 5.09 Å². The summed E-state index contributed by atoms with van der Waals surface area (Å²) in [6.07, 6.45) is 4.91. The maximum Gasteiger partial charge on any atom is 0.362 e. The second kappa shape index (κ2) is 8.41. The molecule has 1 N–H and O–H groups in total. The van der Waals surface area contributed by atoms with Crippen LogP contribution in [0.15, 0.2) is 17.6 Å². The van der Waals surface area contributed by atoms with Crippen LogP contribution in [-0.4, -0.2) is 25.7 Å². The Balaban J connectivity index is 4.07. The molecule has 0 aliphatic rings. The molecule has 7 heteroatoms. The standard InChI is InChI=1S/C7H15N2O2PS2/c1-4-6-8-7-9-12(10,11-5-2)14-13-3/h4,7H,1,5-6H2,2-3H3,(H,8,9,10). The molecular formula is C7H15N2O2PS2. The quantitative estimate of drug-likeness (QED) is 0.237. The van der Waals surface area contributed by atoms with Crippen molar-refractivity contribution in [2.45, 2.75) is 6.92 Å². The Morgan fingerprint density at radius 2 is 2.43 bits per heavy atom. The molecule has 0 saturated carbocycles. The molecule has 0 rings (SSSR count). The lowest BCUT2D eigenvalue weighted by atomic mass is 10.7. The molecule has 0 aromatic carbocycles. The van der Waals surface area contributed by atoms with Crippen LogP contribution in [0.1, 0.15) is 6.92 Å². The Labute approximate surface area is 92.6 Å². The van der Waals surface area contributed by atoms with Crippen molar-refractivity contribution < 1.29 is 9.09 Å². The molecule has 0 bridgehead atoms. The van der Waals surface area contributed by atoms with Gasteiger partial charge in [0.05, 0.1) is 19.5 Å². The van der Waals surface area contributed by atoms with Crippen LogP contribution in [0.4, 0.5) is 0 Å². The summed E-state index contributed by atoms with van der Waals surface area (Å²) >= 11 is 0. The highest BCUT2D eigenvalue weighted by molar-refractivity contribution is 8.98. The number of hydrogen-bond acceptors (Lipinski definition) is 5. The first-order valence-electron chi connectivity index (χ1n) is 4.02. The van der Waals surface area contributed by atoms with Gasteiger partial charge in [-0.25, -0.2) is 0 Å². The van der Waals surface area contributed by atoms with E-state index in [0.29, 0.717) is 13.2 Å². The summed E-state index contributed by atoms with van der Waals surface area (Å²) in [7, 11) is 2.58. The minimum Gasteiger partial charge on any atom is -0.306 e. The molecule has 0 aromatic heterocycles. The van der Waals surface area contributed by atoms with Gasteiger partial charge in [0, 0.05) is 10.4 Å². The Morgan fingerprint density at radius 3 is 2.93 bits per heavy atom. The highest BCUT2D eigenvalue weighted by Crippen LogP contribution is 2.60. The van der Waals surface area contributed by atoms with Crippen LogP contribution in [0.2, 0.25) is 0 Å². The van der Waals surface area contributed by atoms with Crippen molar-refractivity contribution in [3.8, 4) is 0 Å². The fraction of sp³-hybridized carbons (Fsp3) is 0.571. The summed E-state index contributed by atoms with van der Waals surface area (Å²) in [6, 6.07) is 0. The number of nitrogens with one attached hydrogen (secondary N) is 1. The molecule has 0 aliphatic carbocycles. The van der Waals surface area contributed by atoms with Gasteiger partial charge in [0.2, 0.25) is 0 Å². The number of aliphatic imine (C=N–C) groups is 1. The molecule has 0 amide bonds. The molecule has 0 fully saturated rings. The van der Waals surface area contributed by atoms with E-state index in [0.717, 1.165) is 0 Å². The van der Waals surface area contributed by atoms with E-state index in [-0.39, 0.29) is 0 Å². The van der Waals surface area contributed by atoms with E-state index in [1.807, 2.05) is 6.26 Å². The van der Waals surface area contributed by atoms with Gasteiger partial charge in [0.15, 0.2) is 0 Å². The van der Waals surface area contributed by atoms with Crippen molar-refractivity contribution in [3.63, 3.8) is 0 Å². The summed E-state index contributed by atoms with van der Waals surface area (Å²) in [5, 5.41) is 2.67. The molecular weight excluding hydrogens is 239 g/mol. The Hall–Kier alpha value is 0.1000. The van der Waals surface area contributed by atoms with E-state index < -0.39 is 6.72 Å². The topological polar surface area (TPSA) is 50.7 Å². The van der Waals surface area contributed by atoms with Gasteiger partial charge < -0.3 is 4.52 Å². The minimum atomic E-state index is -2.81. The van der Waals surface area contributed by atoms with Gasteiger partial charge in [-0.05, 0) is 13.2 Å². The lowest BCUT2D eigenvalue weighted by Gasteiger charge is -2.13. The second-order valence-electron chi connectivity index (χ2n) is 2.07. The molecule has 1 unspecified atom stereocenters. The first-order chi connectivity index (χ1) is 6.68. The van der Waals surface area contributed by atoms with Crippen molar-refractivity contribution in [3.05, 3.63) is 12.7 Å². The van der Waals surface area contributed by atoms with E-state index in [2.05, 4.69) is 16.7 Å². The van der Waals surface area contributed by atoms with Crippen LogP contribution < -0.4 is 5.09 Å². The van der Waals surface area contributed by atoms with Gasteiger partial charge in [0.1, 0.15) is 0 Å². The lowest BCUT2D eigenvalue weighted by Crippen LogP contribution is -2.07. The third-order valence-corrected chi connectivity index (χ3v) is 7.16.